The van der Waals surface area contributed by atoms with Crippen LogP contribution in [0.3, 0.4) is 0 Å². The highest BCUT2D eigenvalue weighted by Gasteiger charge is 2.36. The summed E-state index contributed by atoms with van der Waals surface area (Å²) < 4.78 is 28.8. The molecule has 2 N–H and O–H groups in total. The summed E-state index contributed by atoms with van der Waals surface area (Å²) >= 11 is 0. The number of nitrogens with two attached hydrogens (primary N) is 1. The first kappa shape index (κ1) is 15.4. The summed E-state index contributed by atoms with van der Waals surface area (Å²) in [5.41, 5.74) is 5.93. The molecule has 3 atom stereocenters. The van der Waals surface area contributed by atoms with Crippen molar-refractivity contribution < 1.29 is 17.9 Å². The van der Waals surface area contributed by atoms with E-state index in [1.165, 1.54) is 7.11 Å². The minimum Gasteiger partial charge on any atom is -0.469 e. The molecule has 5 nitrogen and oxygen atoms in total. The molecule has 106 valence electrons. The van der Waals surface area contributed by atoms with Crippen molar-refractivity contribution in [2.24, 2.45) is 11.7 Å². The Hall–Kier alpha value is -0.620. The predicted octanol–water partition coefficient (Wildman–Crippen LogP) is 0.870. The summed E-state index contributed by atoms with van der Waals surface area (Å²) in [6, 6.07) is -0.296. The highest BCUT2D eigenvalue weighted by molar-refractivity contribution is 7.92. The number of sulfone groups is 1. The number of esters is 1. The van der Waals surface area contributed by atoms with Gasteiger partial charge in [-0.05, 0) is 25.2 Å². The average molecular weight is 277 g/mol. The number of carbonyl (C=O) groups is 1. The van der Waals surface area contributed by atoms with Gasteiger partial charge in [0.1, 0.15) is 0 Å². The summed E-state index contributed by atoms with van der Waals surface area (Å²) in [4.78, 5) is 11.0. The highest BCUT2D eigenvalue weighted by atomic mass is 32.2. The lowest BCUT2D eigenvalue weighted by molar-refractivity contribution is -0.140. The molecule has 1 saturated carbocycles. The van der Waals surface area contributed by atoms with Crippen molar-refractivity contribution in [1.82, 2.24) is 0 Å². The molecule has 0 aromatic carbocycles. The first-order valence-electron chi connectivity index (χ1n) is 6.44. The standard InChI is InChI=1S/C12H23NO4S/c1-3-9-4-5-10(13)11(8-9)18(15,16)7-6-12(14)17-2/h9-11H,3-8,13H2,1-2H3. The number of ether oxygens (including phenoxy) is 1. The fourth-order valence-corrected chi connectivity index (χ4v) is 4.49. The van der Waals surface area contributed by atoms with E-state index in [4.69, 9.17) is 5.73 Å². The van der Waals surface area contributed by atoms with Crippen molar-refractivity contribution in [3.63, 3.8) is 0 Å². The van der Waals surface area contributed by atoms with Gasteiger partial charge in [-0.25, -0.2) is 8.42 Å². The summed E-state index contributed by atoms with van der Waals surface area (Å²) in [7, 11) is -2.05. The lowest BCUT2D eigenvalue weighted by atomic mass is 9.84. The zero-order valence-electron chi connectivity index (χ0n) is 11.1. The Bertz CT molecular complexity index is 380. The minimum atomic E-state index is -3.31. The maximum absolute atomic E-state index is 12.2. The van der Waals surface area contributed by atoms with E-state index in [-0.39, 0.29) is 18.2 Å². The van der Waals surface area contributed by atoms with Crippen molar-refractivity contribution in [2.45, 2.75) is 50.3 Å². The largest absolute Gasteiger partial charge is 0.469 e. The summed E-state index contributed by atoms with van der Waals surface area (Å²) in [5, 5.41) is -0.499. The van der Waals surface area contributed by atoms with Crippen LogP contribution in [0.25, 0.3) is 0 Å². The van der Waals surface area contributed by atoms with Crippen molar-refractivity contribution in [2.75, 3.05) is 12.9 Å². The molecule has 0 amide bonds. The van der Waals surface area contributed by atoms with Gasteiger partial charge in [0.2, 0.25) is 0 Å². The molecule has 0 spiro atoms. The maximum atomic E-state index is 12.2. The zero-order valence-corrected chi connectivity index (χ0v) is 11.9. The van der Waals surface area contributed by atoms with Crippen LogP contribution in [0.5, 0.6) is 0 Å². The van der Waals surface area contributed by atoms with E-state index in [1.54, 1.807) is 0 Å². The Balaban J connectivity index is 2.67. The van der Waals surface area contributed by atoms with Gasteiger partial charge in [0.05, 0.1) is 24.5 Å². The topological polar surface area (TPSA) is 86.5 Å². The summed E-state index contributed by atoms with van der Waals surface area (Å²) in [6.07, 6.45) is 3.27. The van der Waals surface area contributed by atoms with Gasteiger partial charge < -0.3 is 10.5 Å². The van der Waals surface area contributed by atoms with Gasteiger partial charge in [0.25, 0.3) is 0 Å². The van der Waals surface area contributed by atoms with Crippen LogP contribution in [0.4, 0.5) is 0 Å². The molecule has 0 aromatic heterocycles. The van der Waals surface area contributed by atoms with Crippen LogP contribution in [0, 0.1) is 5.92 Å². The number of hydrogen-bond donors (Lipinski definition) is 1. The van der Waals surface area contributed by atoms with Crippen LogP contribution >= 0.6 is 0 Å². The van der Waals surface area contributed by atoms with E-state index in [2.05, 4.69) is 11.7 Å². The first-order valence-corrected chi connectivity index (χ1v) is 8.16. The molecule has 18 heavy (non-hydrogen) atoms. The monoisotopic (exact) mass is 277 g/mol. The fourth-order valence-electron chi connectivity index (χ4n) is 2.50. The normalized spacial score (nSPS) is 28.9. The zero-order chi connectivity index (χ0) is 13.8. The van der Waals surface area contributed by atoms with E-state index < -0.39 is 21.1 Å². The van der Waals surface area contributed by atoms with Crippen LogP contribution in [0.15, 0.2) is 0 Å². The lowest BCUT2D eigenvalue weighted by Crippen LogP contribution is -2.46. The second-order valence-electron chi connectivity index (χ2n) is 4.98. The minimum absolute atomic E-state index is 0.0845. The van der Waals surface area contributed by atoms with Gasteiger partial charge in [0.15, 0.2) is 9.84 Å². The predicted molar refractivity (Wildman–Crippen MR) is 69.8 cm³/mol. The third-order valence-electron chi connectivity index (χ3n) is 3.81. The van der Waals surface area contributed by atoms with Gasteiger partial charge >= 0.3 is 5.97 Å². The molecular weight excluding hydrogens is 254 g/mol. The number of methoxy groups -OCH3 is 1. The van der Waals surface area contributed by atoms with E-state index in [9.17, 15) is 13.2 Å². The Morgan fingerprint density at radius 1 is 1.39 bits per heavy atom. The van der Waals surface area contributed by atoms with E-state index in [0.717, 1.165) is 19.3 Å². The molecule has 1 aliphatic rings. The summed E-state index contributed by atoms with van der Waals surface area (Å²) in [6.45, 7) is 2.07. The molecule has 0 radical (unpaired) electrons. The van der Waals surface area contributed by atoms with E-state index in [1.807, 2.05) is 0 Å². The van der Waals surface area contributed by atoms with Crippen molar-refractivity contribution >= 4 is 15.8 Å². The van der Waals surface area contributed by atoms with Crippen molar-refractivity contribution in [3.8, 4) is 0 Å². The van der Waals surface area contributed by atoms with E-state index >= 15 is 0 Å². The van der Waals surface area contributed by atoms with Crippen LogP contribution in [-0.4, -0.2) is 38.5 Å². The van der Waals surface area contributed by atoms with Gasteiger partial charge in [-0.3, -0.25) is 4.79 Å². The molecule has 1 rings (SSSR count). The van der Waals surface area contributed by atoms with Crippen LogP contribution < -0.4 is 5.73 Å². The second kappa shape index (κ2) is 6.52. The van der Waals surface area contributed by atoms with Gasteiger partial charge in [0, 0.05) is 6.04 Å². The molecule has 6 heteroatoms. The van der Waals surface area contributed by atoms with Gasteiger partial charge in [-0.2, -0.15) is 0 Å². The average Bonchev–Trinajstić information content (AvgIpc) is 2.36. The van der Waals surface area contributed by atoms with Crippen LogP contribution in [-0.2, 0) is 19.4 Å². The van der Waals surface area contributed by atoms with E-state index in [0.29, 0.717) is 12.3 Å². The fraction of sp³-hybridized carbons (Fsp3) is 0.917. The smallest absolute Gasteiger partial charge is 0.306 e. The molecule has 0 aromatic rings. The molecule has 1 aliphatic carbocycles. The van der Waals surface area contributed by atoms with Crippen LogP contribution in [0.2, 0.25) is 0 Å². The molecule has 0 aliphatic heterocycles. The molecule has 0 saturated heterocycles. The molecule has 0 bridgehead atoms. The Kier molecular flexibility index (Phi) is 5.59. The van der Waals surface area contributed by atoms with Crippen molar-refractivity contribution in [1.29, 1.82) is 0 Å². The second-order valence-corrected chi connectivity index (χ2v) is 7.32. The summed E-state index contributed by atoms with van der Waals surface area (Å²) in [5.74, 6) is -0.216. The Morgan fingerprint density at radius 2 is 2.06 bits per heavy atom. The van der Waals surface area contributed by atoms with Crippen LogP contribution in [0.1, 0.15) is 39.0 Å². The highest BCUT2D eigenvalue weighted by Crippen LogP contribution is 2.30. The maximum Gasteiger partial charge on any atom is 0.306 e. The molecule has 3 unspecified atom stereocenters. The molecular formula is C12H23NO4S. The first-order chi connectivity index (χ1) is 8.40. The number of carbonyl (C=O) groups excluding carboxylic acids is 1. The third-order valence-corrected chi connectivity index (χ3v) is 6.05. The van der Waals surface area contributed by atoms with Crippen molar-refractivity contribution in [3.05, 3.63) is 0 Å². The number of rotatable bonds is 5. The number of hydrogen-bond acceptors (Lipinski definition) is 5. The molecule has 0 heterocycles. The van der Waals surface area contributed by atoms with Gasteiger partial charge in [-0.1, -0.05) is 13.3 Å². The molecule has 1 fully saturated rings. The third kappa shape index (κ3) is 3.95. The Labute approximate surface area is 109 Å². The SMILES string of the molecule is CCC1CCC(N)C(S(=O)(=O)CCC(=O)OC)C1. The van der Waals surface area contributed by atoms with Gasteiger partial charge in [-0.15, -0.1) is 0 Å². The Morgan fingerprint density at radius 3 is 2.61 bits per heavy atom. The quantitative estimate of drug-likeness (QED) is 0.753. The lowest BCUT2D eigenvalue weighted by Gasteiger charge is -2.33.